The van der Waals surface area contributed by atoms with Crippen molar-refractivity contribution in [2.45, 2.75) is 32.2 Å². The van der Waals surface area contributed by atoms with Gasteiger partial charge in [0, 0.05) is 12.6 Å². The van der Waals surface area contributed by atoms with Crippen LogP contribution >= 0.6 is 0 Å². The summed E-state index contributed by atoms with van der Waals surface area (Å²) >= 11 is 0. The van der Waals surface area contributed by atoms with Gasteiger partial charge in [0.05, 0.1) is 0 Å². The van der Waals surface area contributed by atoms with Crippen molar-refractivity contribution in [3.05, 3.63) is 12.2 Å². The normalized spacial score (nSPS) is 17.9. The summed E-state index contributed by atoms with van der Waals surface area (Å²) in [4.78, 5) is 2.44. The molecule has 10 heavy (non-hydrogen) atoms. The van der Waals surface area contributed by atoms with E-state index in [1.807, 2.05) is 0 Å². The number of hydrogen-bond acceptors (Lipinski definition) is 1. The molecule has 0 saturated heterocycles. The Morgan fingerprint density at radius 3 is 2.60 bits per heavy atom. The van der Waals surface area contributed by atoms with E-state index in [0.717, 1.165) is 12.5 Å². The zero-order chi connectivity index (χ0) is 7.56. The van der Waals surface area contributed by atoms with Gasteiger partial charge in [-0.2, -0.15) is 0 Å². The maximum atomic E-state index is 3.88. The number of nitrogens with zero attached hydrogens (tertiary/aromatic N) is 1. The second kappa shape index (κ2) is 3.20. The predicted octanol–water partition coefficient (Wildman–Crippen LogP) is 2.05. The lowest BCUT2D eigenvalue weighted by molar-refractivity contribution is 0.328. The Bertz CT molecular complexity index is 125. The highest BCUT2D eigenvalue weighted by Gasteiger charge is 2.25. The summed E-state index contributed by atoms with van der Waals surface area (Å²) in [6.07, 6.45) is 3.98. The van der Waals surface area contributed by atoms with Gasteiger partial charge < -0.3 is 4.90 Å². The first-order valence-electron chi connectivity index (χ1n) is 4.05. The van der Waals surface area contributed by atoms with Gasteiger partial charge in [-0.1, -0.05) is 5.57 Å². The molecule has 1 aliphatic rings. The molecule has 1 saturated carbocycles. The van der Waals surface area contributed by atoms with E-state index in [2.05, 4.69) is 25.5 Å². The Hall–Kier alpha value is -0.300. The first kappa shape index (κ1) is 7.80. The summed E-state index contributed by atoms with van der Waals surface area (Å²) in [7, 11) is 2.21. The van der Waals surface area contributed by atoms with Crippen LogP contribution in [0.5, 0.6) is 0 Å². The molecular weight excluding hydrogens is 122 g/mol. The summed E-state index contributed by atoms with van der Waals surface area (Å²) in [5, 5.41) is 0. The Balaban J connectivity index is 2.05. The fourth-order valence-corrected chi connectivity index (χ4v) is 1.07. The Kier molecular flexibility index (Phi) is 2.50. The van der Waals surface area contributed by atoms with Crippen LogP contribution in [-0.4, -0.2) is 24.5 Å². The molecule has 0 aromatic carbocycles. The number of hydrogen-bond donors (Lipinski definition) is 0. The molecule has 0 amide bonds. The fraction of sp³-hybridized carbons (Fsp3) is 0.778. The molecule has 1 fully saturated rings. The highest BCUT2D eigenvalue weighted by Crippen LogP contribution is 2.25. The second-order valence-corrected chi connectivity index (χ2v) is 3.42. The van der Waals surface area contributed by atoms with Gasteiger partial charge in [-0.05, 0) is 33.2 Å². The fourth-order valence-electron chi connectivity index (χ4n) is 1.07. The quantitative estimate of drug-likeness (QED) is 0.539. The molecular formula is C9H17N. The third kappa shape index (κ3) is 2.53. The van der Waals surface area contributed by atoms with Crippen molar-refractivity contribution in [2.75, 3.05) is 13.6 Å². The molecule has 0 radical (unpaired) electrons. The smallest absolute Gasteiger partial charge is 0.00934 e. The van der Waals surface area contributed by atoms with Crippen molar-refractivity contribution in [1.82, 2.24) is 4.90 Å². The monoisotopic (exact) mass is 139 g/mol. The van der Waals surface area contributed by atoms with Gasteiger partial charge in [0.15, 0.2) is 0 Å². The summed E-state index contributed by atoms with van der Waals surface area (Å²) in [5.74, 6) is 0. The van der Waals surface area contributed by atoms with Gasteiger partial charge >= 0.3 is 0 Å². The van der Waals surface area contributed by atoms with Crippen molar-refractivity contribution in [2.24, 2.45) is 0 Å². The third-order valence-corrected chi connectivity index (χ3v) is 2.06. The van der Waals surface area contributed by atoms with Crippen LogP contribution in [0.4, 0.5) is 0 Å². The molecule has 0 unspecified atom stereocenters. The van der Waals surface area contributed by atoms with Gasteiger partial charge in [-0.3, -0.25) is 0 Å². The predicted molar refractivity (Wildman–Crippen MR) is 45.1 cm³/mol. The lowest BCUT2D eigenvalue weighted by Crippen LogP contribution is -2.21. The van der Waals surface area contributed by atoms with Crippen LogP contribution in [0.25, 0.3) is 0 Å². The van der Waals surface area contributed by atoms with Crippen molar-refractivity contribution < 1.29 is 0 Å². The van der Waals surface area contributed by atoms with Gasteiger partial charge in [0.2, 0.25) is 0 Å². The van der Waals surface area contributed by atoms with Crippen molar-refractivity contribution >= 4 is 0 Å². The molecule has 0 N–H and O–H groups in total. The van der Waals surface area contributed by atoms with Crippen LogP contribution in [-0.2, 0) is 0 Å². The molecule has 58 valence electrons. The van der Waals surface area contributed by atoms with Crippen LogP contribution in [0, 0.1) is 0 Å². The Labute approximate surface area is 63.7 Å². The molecule has 0 aromatic rings. The van der Waals surface area contributed by atoms with E-state index >= 15 is 0 Å². The maximum Gasteiger partial charge on any atom is 0.00934 e. The van der Waals surface area contributed by atoms with Gasteiger partial charge in [0.1, 0.15) is 0 Å². The van der Waals surface area contributed by atoms with E-state index in [1.165, 1.54) is 25.0 Å². The molecule has 0 heterocycles. The second-order valence-electron chi connectivity index (χ2n) is 3.42. The average Bonchev–Trinajstić information content (AvgIpc) is 2.63. The molecule has 0 spiro atoms. The lowest BCUT2D eigenvalue weighted by atomic mass is 10.2. The molecule has 0 atom stereocenters. The van der Waals surface area contributed by atoms with Gasteiger partial charge in [0.25, 0.3) is 0 Å². The standard InChI is InChI=1S/C9H17N/c1-8(2)6-7-10(3)9-4-5-9/h9H,1,4-7H2,2-3H3. The Morgan fingerprint density at radius 1 is 1.60 bits per heavy atom. The zero-order valence-corrected chi connectivity index (χ0v) is 7.06. The van der Waals surface area contributed by atoms with Gasteiger partial charge in [-0.15, -0.1) is 6.58 Å². The minimum atomic E-state index is 0.902. The summed E-state index contributed by atoms with van der Waals surface area (Å²) in [5.41, 5.74) is 1.30. The van der Waals surface area contributed by atoms with E-state index in [0.29, 0.717) is 0 Å². The zero-order valence-electron chi connectivity index (χ0n) is 7.06. The highest BCUT2D eigenvalue weighted by molar-refractivity contribution is 4.90. The molecule has 1 aliphatic carbocycles. The average molecular weight is 139 g/mol. The third-order valence-electron chi connectivity index (χ3n) is 2.06. The van der Waals surface area contributed by atoms with Crippen molar-refractivity contribution in [1.29, 1.82) is 0 Å². The van der Waals surface area contributed by atoms with E-state index in [-0.39, 0.29) is 0 Å². The first-order valence-corrected chi connectivity index (χ1v) is 4.05. The van der Waals surface area contributed by atoms with Crippen LogP contribution in [0.2, 0.25) is 0 Å². The Morgan fingerprint density at radius 2 is 2.20 bits per heavy atom. The van der Waals surface area contributed by atoms with Crippen LogP contribution in [0.15, 0.2) is 12.2 Å². The van der Waals surface area contributed by atoms with Crippen molar-refractivity contribution in [3.8, 4) is 0 Å². The largest absolute Gasteiger partial charge is 0.303 e. The van der Waals surface area contributed by atoms with E-state index in [4.69, 9.17) is 0 Å². The number of rotatable bonds is 4. The van der Waals surface area contributed by atoms with E-state index < -0.39 is 0 Å². The molecule has 0 aromatic heterocycles. The maximum absolute atomic E-state index is 3.88. The van der Waals surface area contributed by atoms with Crippen LogP contribution < -0.4 is 0 Å². The van der Waals surface area contributed by atoms with Crippen LogP contribution in [0.3, 0.4) is 0 Å². The summed E-state index contributed by atoms with van der Waals surface area (Å²) in [6.45, 7) is 7.17. The van der Waals surface area contributed by atoms with E-state index in [1.54, 1.807) is 0 Å². The minimum absolute atomic E-state index is 0.902. The molecule has 1 rings (SSSR count). The molecule has 0 bridgehead atoms. The minimum Gasteiger partial charge on any atom is -0.303 e. The lowest BCUT2D eigenvalue weighted by Gasteiger charge is -2.14. The molecule has 0 aliphatic heterocycles. The van der Waals surface area contributed by atoms with Crippen LogP contribution in [0.1, 0.15) is 26.2 Å². The van der Waals surface area contributed by atoms with E-state index in [9.17, 15) is 0 Å². The molecule has 1 nitrogen and oxygen atoms in total. The topological polar surface area (TPSA) is 3.24 Å². The summed E-state index contributed by atoms with van der Waals surface area (Å²) < 4.78 is 0. The first-order chi connectivity index (χ1) is 4.70. The van der Waals surface area contributed by atoms with Gasteiger partial charge in [-0.25, -0.2) is 0 Å². The highest BCUT2D eigenvalue weighted by atomic mass is 15.1. The van der Waals surface area contributed by atoms with Crippen molar-refractivity contribution in [3.63, 3.8) is 0 Å². The summed E-state index contributed by atoms with van der Waals surface area (Å²) in [6, 6.07) is 0.902. The SMILES string of the molecule is C=C(C)CCN(C)C1CC1. The molecule has 1 heteroatoms.